The van der Waals surface area contributed by atoms with Crippen molar-refractivity contribution in [2.24, 2.45) is 5.73 Å². The molecule has 2 N–H and O–H groups in total. The van der Waals surface area contributed by atoms with Crippen molar-refractivity contribution in [3.8, 4) is 0 Å². The minimum absolute atomic E-state index is 0.125. The first-order valence-electron chi connectivity index (χ1n) is 6.13. The highest BCUT2D eigenvalue weighted by molar-refractivity contribution is 5.28. The Bertz CT molecular complexity index is 392. The summed E-state index contributed by atoms with van der Waals surface area (Å²) in [6.07, 6.45) is 2.15. The second-order valence-corrected chi connectivity index (χ2v) is 6.36. The van der Waals surface area contributed by atoms with E-state index in [1.807, 2.05) is 0 Å². The minimum Gasteiger partial charge on any atom is -0.320 e. The van der Waals surface area contributed by atoms with Gasteiger partial charge in [0.1, 0.15) is 0 Å². The van der Waals surface area contributed by atoms with Crippen molar-refractivity contribution >= 4 is 0 Å². The van der Waals surface area contributed by atoms with E-state index < -0.39 is 0 Å². The average molecular weight is 221 g/mol. The van der Waals surface area contributed by atoms with Crippen LogP contribution in [0.2, 0.25) is 0 Å². The van der Waals surface area contributed by atoms with Gasteiger partial charge in [0.05, 0.1) is 11.2 Å². The summed E-state index contributed by atoms with van der Waals surface area (Å²) in [5, 5.41) is 4.70. The van der Waals surface area contributed by atoms with Crippen molar-refractivity contribution in [2.45, 2.75) is 64.5 Å². The summed E-state index contributed by atoms with van der Waals surface area (Å²) in [7, 11) is 0. The fourth-order valence-electron chi connectivity index (χ4n) is 1.98. The average Bonchev–Trinajstić information content (AvgIpc) is 2.73. The van der Waals surface area contributed by atoms with Crippen LogP contribution in [-0.4, -0.2) is 9.78 Å². The molecule has 3 nitrogen and oxygen atoms in total. The maximum Gasteiger partial charge on any atom is 0.0826 e. The molecule has 1 aliphatic carbocycles. The van der Waals surface area contributed by atoms with Crippen LogP contribution in [0.1, 0.15) is 64.9 Å². The predicted octanol–water partition coefficient (Wildman–Crippen LogP) is 2.71. The second kappa shape index (κ2) is 3.33. The van der Waals surface area contributed by atoms with Crippen LogP contribution in [0, 0.1) is 0 Å². The first-order valence-corrected chi connectivity index (χ1v) is 6.13. The molecule has 1 aromatic heterocycles. The zero-order valence-corrected chi connectivity index (χ0v) is 11.0. The van der Waals surface area contributed by atoms with Crippen LogP contribution >= 0.6 is 0 Å². The lowest BCUT2D eigenvalue weighted by Crippen LogP contribution is -2.20. The van der Waals surface area contributed by atoms with Crippen molar-refractivity contribution < 1.29 is 0 Å². The van der Waals surface area contributed by atoms with E-state index in [9.17, 15) is 0 Å². The highest BCUT2D eigenvalue weighted by Gasteiger charge is 2.43. The Morgan fingerprint density at radius 2 is 1.94 bits per heavy atom. The summed E-state index contributed by atoms with van der Waals surface area (Å²) in [6.45, 7) is 11.0. The number of rotatable bonds is 2. The Morgan fingerprint density at radius 1 is 1.38 bits per heavy atom. The van der Waals surface area contributed by atoms with E-state index >= 15 is 0 Å². The smallest absolute Gasteiger partial charge is 0.0826 e. The molecule has 90 valence electrons. The molecule has 0 radical (unpaired) electrons. The highest BCUT2D eigenvalue weighted by atomic mass is 15.3. The summed E-state index contributed by atoms with van der Waals surface area (Å²) < 4.78 is 2.13. The highest BCUT2D eigenvalue weighted by Crippen LogP contribution is 2.43. The fraction of sp³-hybridized carbons (Fsp3) is 0.769. The molecule has 1 fully saturated rings. The molecule has 2 rings (SSSR count). The summed E-state index contributed by atoms with van der Waals surface area (Å²) in [5.41, 5.74) is 8.58. The lowest BCUT2D eigenvalue weighted by atomic mass is 9.91. The van der Waals surface area contributed by atoms with Gasteiger partial charge in [-0.1, -0.05) is 20.8 Å². The van der Waals surface area contributed by atoms with Gasteiger partial charge in [-0.15, -0.1) is 0 Å². The van der Waals surface area contributed by atoms with Crippen molar-refractivity contribution in [2.75, 3.05) is 0 Å². The second-order valence-electron chi connectivity index (χ2n) is 6.36. The first kappa shape index (κ1) is 11.6. The van der Waals surface area contributed by atoms with Crippen molar-refractivity contribution in [1.82, 2.24) is 9.78 Å². The molecule has 16 heavy (non-hydrogen) atoms. The molecule has 1 aromatic rings. The Morgan fingerprint density at radius 3 is 2.25 bits per heavy atom. The van der Waals surface area contributed by atoms with Crippen molar-refractivity contribution in [3.05, 3.63) is 17.5 Å². The van der Waals surface area contributed by atoms with Gasteiger partial charge in [-0.3, -0.25) is 4.68 Å². The van der Waals surface area contributed by atoms with Crippen molar-refractivity contribution in [1.29, 1.82) is 0 Å². The van der Waals surface area contributed by atoms with Crippen LogP contribution in [0.15, 0.2) is 6.07 Å². The first-order chi connectivity index (χ1) is 7.24. The molecule has 1 aliphatic rings. The summed E-state index contributed by atoms with van der Waals surface area (Å²) >= 11 is 0. The van der Waals surface area contributed by atoms with Crippen LogP contribution in [-0.2, 0) is 11.0 Å². The molecule has 0 bridgehead atoms. The molecule has 3 heteroatoms. The maximum absolute atomic E-state index is 6.22. The van der Waals surface area contributed by atoms with Gasteiger partial charge in [0.25, 0.3) is 0 Å². The largest absolute Gasteiger partial charge is 0.320 e. The number of nitrogens with zero attached hydrogens (tertiary/aromatic N) is 2. The zero-order valence-electron chi connectivity index (χ0n) is 11.0. The van der Waals surface area contributed by atoms with Gasteiger partial charge in [-0.2, -0.15) is 5.10 Å². The molecule has 1 saturated carbocycles. The maximum atomic E-state index is 6.22. The molecular weight excluding hydrogens is 198 g/mol. The summed E-state index contributed by atoms with van der Waals surface area (Å²) in [5.74, 6) is 0. The normalized spacial score (nSPS) is 19.2. The quantitative estimate of drug-likeness (QED) is 0.834. The van der Waals surface area contributed by atoms with Crippen LogP contribution in [0.25, 0.3) is 0 Å². The SMILES string of the molecule is CC(C)n1nc(C2(N)CC2)cc1C(C)(C)C. The Kier molecular flexibility index (Phi) is 2.42. The third-order valence-corrected chi connectivity index (χ3v) is 3.29. The Hall–Kier alpha value is -0.830. The lowest BCUT2D eigenvalue weighted by molar-refractivity contribution is 0.442. The van der Waals surface area contributed by atoms with Gasteiger partial charge in [-0.05, 0) is 32.8 Å². The monoisotopic (exact) mass is 221 g/mol. The van der Waals surface area contributed by atoms with Gasteiger partial charge in [0.2, 0.25) is 0 Å². The molecule has 0 spiro atoms. The van der Waals surface area contributed by atoms with Crippen LogP contribution in [0.3, 0.4) is 0 Å². The van der Waals surface area contributed by atoms with Crippen LogP contribution in [0.4, 0.5) is 0 Å². The van der Waals surface area contributed by atoms with Gasteiger partial charge in [-0.25, -0.2) is 0 Å². The number of aromatic nitrogens is 2. The zero-order chi connectivity index (χ0) is 12.1. The van der Waals surface area contributed by atoms with Crippen molar-refractivity contribution in [3.63, 3.8) is 0 Å². The Balaban J connectivity index is 2.46. The molecule has 0 aromatic carbocycles. The standard InChI is InChI=1S/C13H23N3/c1-9(2)16-11(12(3,4)5)8-10(15-16)13(14)6-7-13/h8-9H,6-7,14H2,1-5H3. The summed E-state index contributed by atoms with van der Waals surface area (Å²) in [4.78, 5) is 0. The van der Waals surface area contributed by atoms with E-state index in [1.54, 1.807) is 0 Å². The molecular formula is C13H23N3. The third-order valence-electron chi connectivity index (χ3n) is 3.29. The molecule has 0 amide bonds. The van der Waals surface area contributed by atoms with Gasteiger partial charge in [0.15, 0.2) is 0 Å². The van der Waals surface area contributed by atoms with Gasteiger partial charge in [0, 0.05) is 17.2 Å². The number of nitrogens with two attached hydrogens (primary N) is 1. The van der Waals surface area contributed by atoms with E-state index in [1.165, 1.54) is 5.69 Å². The lowest BCUT2D eigenvalue weighted by Gasteiger charge is -2.22. The topological polar surface area (TPSA) is 43.8 Å². The van der Waals surface area contributed by atoms with Gasteiger partial charge < -0.3 is 5.73 Å². The molecule has 0 unspecified atom stereocenters. The Labute approximate surface area is 98.0 Å². The molecule has 0 saturated heterocycles. The molecule has 0 aliphatic heterocycles. The van der Waals surface area contributed by atoms with Crippen LogP contribution < -0.4 is 5.73 Å². The predicted molar refractivity (Wildman–Crippen MR) is 66.4 cm³/mol. The van der Waals surface area contributed by atoms with Gasteiger partial charge >= 0.3 is 0 Å². The van der Waals surface area contributed by atoms with Crippen LogP contribution in [0.5, 0.6) is 0 Å². The van der Waals surface area contributed by atoms with E-state index in [2.05, 4.69) is 45.4 Å². The number of hydrogen-bond donors (Lipinski definition) is 1. The fourth-order valence-corrected chi connectivity index (χ4v) is 1.98. The van der Waals surface area contributed by atoms with E-state index in [-0.39, 0.29) is 11.0 Å². The van der Waals surface area contributed by atoms with E-state index in [0.717, 1.165) is 18.5 Å². The van der Waals surface area contributed by atoms with E-state index in [0.29, 0.717) is 6.04 Å². The summed E-state index contributed by atoms with van der Waals surface area (Å²) in [6, 6.07) is 2.60. The minimum atomic E-state index is -0.125. The molecule has 1 heterocycles. The van der Waals surface area contributed by atoms with E-state index in [4.69, 9.17) is 10.8 Å². The number of hydrogen-bond acceptors (Lipinski definition) is 2. The third kappa shape index (κ3) is 1.88. The molecule has 0 atom stereocenters.